The number of para-hydroxylation sites is 1. The van der Waals surface area contributed by atoms with Crippen LogP contribution in [0.5, 0.6) is 17.2 Å². The van der Waals surface area contributed by atoms with Crippen molar-refractivity contribution in [1.29, 1.82) is 0 Å². The van der Waals surface area contributed by atoms with E-state index in [9.17, 15) is 9.59 Å². The molecule has 1 N–H and O–H groups in total. The maximum absolute atomic E-state index is 13.8. The van der Waals surface area contributed by atoms with Crippen molar-refractivity contribution in [1.82, 2.24) is 10.2 Å². The van der Waals surface area contributed by atoms with Crippen LogP contribution in [-0.4, -0.2) is 48.9 Å². The van der Waals surface area contributed by atoms with E-state index in [1.54, 1.807) is 12.0 Å². The summed E-state index contributed by atoms with van der Waals surface area (Å²) in [5.41, 5.74) is 0.0267. The molecule has 2 aromatic rings. The highest BCUT2D eigenvalue weighted by atomic mass is 16.7. The van der Waals surface area contributed by atoms with Crippen LogP contribution >= 0.6 is 0 Å². The summed E-state index contributed by atoms with van der Waals surface area (Å²) in [5.74, 6) is 1.22. The number of rotatable bonds is 6. The van der Waals surface area contributed by atoms with E-state index in [-0.39, 0.29) is 18.6 Å². The van der Waals surface area contributed by atoms with Crippen molar-refractivity contribution in [3.8, 4) is 17.2 Å². The average molecular weight is 463 g/mol. The normalized spacial score (nSPS) is 30.1. The van der Waals surface area contributed by atoms with Crippen LogP contribution in [0.3, 0.4) is 0 Å². The Hall–Kier alpha value is -3.52. The molecule has 0 aromatic heterocycles. The number of benzene rings is 2. The summed E-state index contributed by atoms with van der Waals surface area (Å²) >= 11 is 0. The monoisotopic (exact) mass is 462 g/mol. The van der Waals surface area contributed by atoms with Gasteiger partial charge in [-0.3, -0.25) is 9.59 Å². The molecule has 2 unspecified atom stereocenters. The molecule has 0 aliphatic carbocycles. The van der Waals surface area contributed by atoms with Gasteiger partial charge in [-0.15, -0.1) is 0 Å². The second kappa shape index (κ2) is 7.50. The first-order valence-corrected chi connectivity index (χ1v) is 11.4. The molecule has 1 spiro atoms. The zero-order valence-electron chi connectivity index (χ0n) is 19.1. The molecule has 6 rings (SSSR count). The third kappa shape index (κ3) is 2.88. The third-order valence-electron chi connectivity index (χ3n) is 7.63. The average Bonchev–Trinajstić information content (AvgIpc) is 3.58. The summed E-state index contributed by atoms with van der Waals surface area (Å²) in [6, 6.07) is 13.2. The van der Waals surface area contributed by atoms with Crippen molar-refractivity contribution in [3.05, 3.63) is 65.7 Å². The van der Waals surface area contributed by atoms with Crippen LogP contribution in [0, 0.1) is 11.3 Å². The summed E-state index contributed by atoms with van der Waals surface area (Å²) in [6.07, 6.45) is 3.48. The minimum absolute atomic E-state index is 0.0746. The van der Waals surface area contributed by atoms with Crippen LogP contribution in [0.25, 0.3) is 0 Å². The molecule has 4 heterocycles. The van der Waals surface area contributed by atoms with E-state index in [1.807, 2.05) is 61.5 Å². The van der Waals surface area contributed by atoms with Crippen molar-refractivity contribution in [2.75, 3.05) is 20.4 Å². The molecule has 4 aliphatic heterocycles. The summed E-state index contributed by atoms with van der Waals surface area (Å²) in [6.45, 7) is 3.19. The number of ether oxygens (including phenoxy) is 4. The second-order valence-electron chi connectivity index (χ2n) is 9.39. The van der Waals surface area contributed by atoms with Crippen LogP contribution in [0.2, 0.25) is 0 Å². The smallest absolute Gasteiger partial charge is 0.233 e. The molecule has 2 aromatic carbocycles. The van der Waals surface area contributed by atoms with Gasteiger partial charge in [0.25, 0.3) is 0 Å². The fourth-order valence-electron chi connectivity index (χ4n) is 5.83. The lowest BCUT2D eigenvalue weighted by Gasteiger charge is -2.34. The molecular weight excluding hydrogens is 436 g/mol. The van der Waals surface area contributed by atoms with E-state index in [0.29, 0.717) is 36.9 Å². The molecule has 0 radical (unpaired) electrons. The number of carbonyl (C=O) groups excluding carboxylic acids is 2. The van der Waals surface area contributed by atoms with Gasteiger partial charge < -0.3 is 29.2 Å². The first-order chi connectivity index (χ1) is 16.4. The van der Waals surface area contributed by atoms with Crippen LogP contribution < -0.4 is 19.5 Å². The summed E-state index contributed by atoms with van der Waals surface area (Å²) < 4.78 is 22.6. The van der Waals surface area contributed by atoms with Gasteiger partial charge in [-0.25, -0.2) is 0 Å². The number of amides is 2. The quantitative estimate of drug-likeness (QED) is 0.664. The Bertz CT molecular complexity index is 1210. The van der Waals surface area contributed by atoms with Gasteiger partial charge in [0.15, 0.2) is 11.5 Å². The van der Waals surface area contributed by atoms with Gasteiger partial charge >= 0.3 is 0 Å². The fourth-order valence-corrected chi connectivity index (χ4v) is 5.83. The Balaban J connectivity index is 1.23. The van der Waals surface area contributed by atoms with Crippen LogP contribution in [0.15, 0.2) is 54.6 Å². The zero-order valence-corrected chi connectivity index (χ0v) is 19.1. The lowest BCUT2D eigenvalue weighted by Crippen LogP contribution is -2.52. The first-order valence-electron chi connectivity index (χ1n) is 11.4. The van der Waals surface area contributed by atoms with E-state index in [4.69, 9.17) is 18.9 Å². The number of methoxy groups -OCH3 is 1. The van der Waals surface area contributed by atoms with Gasteiger partial charge in [-0.05, 0) is 30.7 Å². The molecule has 34 heavy (non-hydrogen) atoms. The number of carbonyl (C=O) groups is 2. The lowest BCUT2D eigenvalue weighted by atomic mass is 9.64. The maximum Gasteiger partial charge on any atom is 0.233 e. The van der Waals surface area contributed by atoms with E-state index in [2.05, 4.69) is 5.32 Å². The highest BCUT2D eigenvalue weighted by Gasteiger charge is 2.74. The Morgan fingerprint density at radius 2 is 2.03 bits per heavy atom. The van der Waals surface area contributed by atoms with Gasteiger partial charge in [0, 0.05) is 18.7 Å². The van der Waals surface area contributed by atoms with Crippen molar-refractivity contribution in [3.63, 3.8) is 0 Å². The van der Waals surface area contributed by atoms with E-state index in [1.165, 1.54) is 0 Å². The van der Waals surface area contributed by atoms with Crippen LogP contribution in [-0.2, 0) is 27.4 Å². The highest BCUT2D eigenvalue weighted by Crippen LogP contribution is 2.60. The van der Waals surface area contributed by atoms with Gasteiger partial charge in [-0.2, -0.15) is 0 Å². The molecule has 0 saturated carbocycles. The number of hydrogen-bond acceptors (Lipinski definition) is 6. The van der Waals surface area contributed by atoms with Crippen molar-refractivity contribution < 1.29 is 28.5 Å². The van der Waals surface area contributed by atoms with Crippen LogP contribution in [0.1, 0.15) is 18.1 Å². The molecule has 2 fully saturated rings. The molecule has 176 valence electrons. The molecule has 2 saturated heterocycles. The largest absolute Gasteiger partial charge is 0.496 e. The third-order valence-corrected chi connectivity index (χ3v) is 7.63. The van der Waals surface area contributed by atoms with Gasteiger partial charge in [0.05, 0.1) is 31.1 Å². The standard InChI is InChI=1S/C26H26N2O6/c1-25-22(23(29)27-12-17-5-3-4-6-18(17)31-2)20-9-10-26(25,34-20)14-28(24(25)30)13-16-7-8-19-21(11-16)33-15-32-19/h3-11,20,22H,12-15H2,1-2H3,(H,27,29)/t20?,22?,25-,26-/m0/s1. The van der Waals surface area contributed by atoms with E-state index in [0.717, 1.165) is 11.1 Å². The fraction of sp³-hybridized carbons (Fsp3) is 0.385. The van der Waals surface area contributed by atoms with Gasteiger partial charge in [-0.1, -0.05) is 36.4 Å². The topological polar surface area (TPSA) is 86.3 Å². The minimum atomic E-state index is -0.979. The van der Waals surface area contributed by atoms with Crippen molar-refractivity contribution in [2.24, 2.45) is 11.3 Å². The molecule has 4 atom stereocenters. The maximum atomic E-state index is 13.8. The number of hydrogen-bond donors (Lipinski definition) is 1. The first kappa shape index (κ1) is 21.0. The predicted octanol–water partition coefficient (Wildman–Crippen LogP) is 2.41. The summed E-state index contributed by atoms with van der Waals surface area (Å²) in [7, 11) is 1.60. The molecule has 2 amide bonds. The lowest BCUT2D eigenvalue weighted by molar-refractivity contribution is -0.143. The van der Waals surface area contributed by atoms with Crippen LogP contribution in [0.4, 0.5) is 0 Å². The Kier molecular flexibility index (Phi) is 4.64. The number of nitrogens with zero attached hydrogens (tertiary/aromatic N) is 1. The molecular formula is C26H26N2O6. The molecule has 4 aliphatic rings. The Labute approximate surface area is 197 Å². The SMILES string of the molecule is COc1ccccc1CNC(=O)C1C2C=C[C@@]3(CN(Cc4ccc5c(c4)OCO5)C(=O)[C@]13C)O2. The second-order valence-corrected chi connectivity index (χ2v) is 9.39. The van der Waals surface area contributed by atoms with Crippen molar-refractivity contribution in [2.45, 2.75) is 31.7 Å². The van der Waals surface area contributed by atoms with E-state index >= 15 is 0 Å². The molecule has 8 heteroatoms. The van der Waals surface area contributed by atoms with Gasteiger partial charge in [0.2, 0.25) is 18.6 Å². The number of likely N-dealkylation sites (tertiary alicyclic amines) is 1. The Morgan fingerprint density at radius 1 is 1.21 bits per heavy atom. The zero-order chi connectivity index (χ0) is 23.5. The minimum Gasteiger partial charge on any atom is -0.496 e. The number of nitrogens with one attached hydrogen (secondary N) is 1. The molecule has 2 bridgehead atoms. The number of fused-ring (bicyclic) bond motifs is 2. The van der Waals surface area contributed by atoms with Gasteiger partial charge in [0.1, 0.15) is 11.4 Å². The Morgan fingerprint density at radius 3 is 2.88 bits per heavy atom. The predicted molar refractivity (Wildman–Crippen MR) is 121 cm³/mol. The molecule has 8 nitrogen and oxygen atoms in total. The van der Waals surface area contributed by atoms with E-state index < -0.39 is 23.0 Å². The summed E-state index contributed by atoms with van der Waals surface area (Å²) in [4.78, 5) is 29.0. The van der Waals surface area contributed by atoms with Crippen molar-refractivity contribution >= 4 is 11.8 Å². The highest BCUT2D eigenvalue weighted by molar-refractivity contribution is 5.96. The summed E-state index contributed by atoms with van der Waals surface area (Å²) in [5, 5.41) is 3.01.